The van der Waals surface area contributed by atoms with E-state index in [9.17, 15) is 49.8 Å². The fourth-order valence-electron chi connectivity index (χ4n) is 7.59. The molecule has 57 heavy (non-hydrogen) atoms. The van der Waals surface area contributed by atoms with Gasteiger partial charge in [0.05, 0.1) is 48.8 Å². The Kier molecular flexibility index (Phi) is 11.6. The second kappa shape index (κ2) is 16.3. The first kappa shape index (κ1) is 40.6. The van der Waals surface area contributed by atoms with Crippen LogP contribution in [0.25, 0.3) is 22.3 Å². The summed E-state index contributed by atoms with van der Waals surface area (Å²) in [5, 5.41) is 65.7. The van der Waals surface area contributed by atoms with Crippen LogP contribution in [0.1, 0.15) is 37.0 Å². The first-order valence-electron chi connectivity index (χ1n) is 18.3. The number of amides is 1. The third kappa shape index (κ3) is 7.37. The van der Waals surface area contributed by atoms with Crippen LogP contribution in [0.2, 0.25) is 0 Å². The maximum atomic E-state index is 13.8. The van der Waals surface area contributed by atoms with Crippen LogP contribution in [0.4, 0.5) is 4.79 Å². The number of hydrogen-bond acceptors (Lipinski definition) is 18. The van der Waals surface area contributed by atoms with Gasteiger partial charge in [-0.3, -0.25) is 9.59 Å². The number of carbonyl (C=O) groups excluding carboxylic acids is 3. The van der Waals surface area contributed by atoms with Crippen molar-refractivity contribution in [2.45, 2.75) is 100 Å². The largest absolute Gasteiger partial charge is 0.457 e. The molecule has 0 radical (unpaired) electrons. The van der Waals surface area contributed by atoms with Crippen molar-refractivity contribution in [3.8, 4) is 11.4 Å². The van der Waals surface area contributed by atoms with E-state index in [2.05, 4.69) is 5.32 Å². The molecule has 4 aliphatic rings. The van der Waals surface area contributed by atoms with E-state index in [1.165, 1.54) is 0 Å². The highest BCUT2D eigenvalue weighted by Crippen LogP contribution is 2.41. The van der Waals surface area contributed by atoms with Crippen molar-refractivity contribution in [2.24, 2.45) is 0 Å². The Balaban J connectivity index is 1.05. The Morgan fingerprint density at radius 1 is 0.965 bits per heavy atom. The summed E-state index contributed by atoms with van der Waals surface area (Å²) in [5.41, 5.74) is 0.447. The topological polar surface area (TPSA) is 284 Å². The predicted molar refractivity (Wildman–Crippen MR) is 189 cm³/mol. The van der Waals surface area contributed by atoms with Crippen LogP contribution in [0.15, 0.2) is 41.2 Å². The minimum atomic E-state index is -2.00. The number of cyclic esters (lactones) is 1. The third-order valence-corrected chi connectivity index (χ3v) is 10.5. The number of ether oxygens (including phenoxy) is 7. The van der Waals surface area contributed by atoms with Crippen LogP contribution in [0.3, 0.4) is 0 Å². The molecule has 20 heteroatoms. The minimum absolute atomic E-state index is 0.0943. The summed E-state index contributed by atoms with van der Waals surface area (Å²) >= 11 is 0. The molecule has 7 N–H and O–H groups in total. The van der Waals surface area contributed by atoms with E-state index in [4.69, 9.17) is 38.1 Å². The number of esters is 2. The Bertz CT molecular complexity index is 2080. The molecule has 308 valence electrons. The van der Waals surface area contributed by atoms with Crippen molar-refractivity contribution in [1.29, 1.82) is 0 Å². The number of nitrogens with zero attached hydrogens (tertiary/aromatic N) is 2. The lowest BCUT2D eigenvalue weighted by Gasteiger charge is -2.46. The summed E-state index contributed by atoms with van der Waals surface area (Å²) in [6.07, 6.45) is -17.6. The average molecular weight is 802 g/mol. The summed E-state index contributed by atoms with van der Waals surface area (Å²) in [6, 6.07) is 11.1. The Morgan fingerprint density at radius 2 is 1.68 bits per heavy atom. The van der Waals surface area contributed by atoms with Gasteiger partial charge in [-0.25, -0.2) is 14.6 Å². The molecule has 7 rings (SSSR count). The highest BCUT2D eigenvalue weighted by Gasteiger charge is 2.53. The molecule has 6 heterocycles. The molecule has 1 aromatic carbocycles. The van der Waals surface area contributed by atoms with Gasteiger partial charge in [0.25, 0.3) is 5.56 Å². The molecule has 0 unspecified atom stereocenters. The van der Waals surface area contributed by atoms with E-state index in [1.807, 2.05) is 30.3 Å². The molecule has 0 saturated carbocycles. The number of carbonyl (C=O) groups is 3. The standard InChI is InChI=1S/C37H43N3O17/c1-3-37(20-11-22-25-18(10-17-6-4-5-7-21(17)39-25)12-40(22)32(48)19(20)15-52-35(37)49)57-36(50)38-8-9-51-34-31(28(46)26(44)23(13-41)55-34)56-33-29(47)30(53-16(2)43)27(45)24(14-42)54-33/h4-7,10-11,23-24,26-31,33-34,41-42,44-47H,3,8-9,12-15H2,1-2H3,(H,38,50)/t23-,24-,26-,27-,28+,29-,30+,31+,33-,34-,37+/m1/s1. The summed E-state index contributed by atoms with van der Waals surface area (Å²) < 4.78 is 40.2. The number of benzene rings is 1. The summed E-state index contributed by atoms with van der Waals surface area (Å²) in [7, 11) is 0. The number of nitrogens with one attached hydrogen (secondary N) is 1. The Labute approximate surface area is 323 Å². The molecule has 4 aliphatic heterocycles. The summed E-state index contributed by atoms with van der Waals surface area (Å²) in [4.78, 5) is 57.0. The fraction of sp³-hybridized carbons (Fsp3) is 0.541. The zero-order chi connectivity index (χ0) is 40.8. The average Bonchev–Trinajstić information content (AvgIpc) is 3.56. The lowest BCUT2D eigenvalue weighted by atomic mass is 9.85. The number of aliphatic hydroxyl groups excluding tert-OH is 6. The monoisotopic (exact) mass is 801 g/mol. The number of para-hydroxylation sites is 1. The molecule has 2 aromatic heterocycles. The fourth-order valence-corrected chi connectivity index (χ4v) is 7.59. The zero-order valence-corrected chi connectivity index (χ0v) is 30.8. The SMILES string of the molecule is CC[C@@]1(OC(=O)NCCO[C@@H]2O[C@H](CO)[C@@H](O)[C@H](O)[C@@H]2O[C@H]2O[C@H](CO)[C@@H](O)[C@H](OC(C)=O)[C@H]2O)C(=O)OCc2c1cc1n(c2=O)Cc2cc3ccccc3nc2-1. The number of aliphatic hydroxyl groups is 6. The van der Waals surface area contributed by atoms with Crippen molar-refractivity contribution in [1.82, 2.24) is 14.9 Å². The quantitative estimate of drug-likeness (QED) is 0.0492. The number of aromatic nitrogens is 2. The smallest absolute Gasteiger partial charge is 0.408 e. The zero-order valence-electron chi connectivity index (χ0n) is 30.8. The van der Waals surface area contributed by atoms with Gasteiger partial charge in [0.2, 0.25) is 5.60 Å². The maximum Gasteiger partial charge on any atom is 0.408 e. The van der Waals surface area contributed by atoms with Crippen LogP contribution >= 0.6 is 0 Å². The molecule has 0 bridgehead atoms. The third-order valence-electron chi connectivity index (χ3n) is 10.5. The molecular weight excluding hydrogens is 758 g/mol. The molecule has 11 atom stereocenters. The van der Waals surface area contributed by atoms with Gasteiger partial charge in [0, 0.05) is 30.0 Å². The van der Waals surface area contributed by atoms with E-state index >= 15 is 0 Å². The first-order valence-corrected chi connectivity index (χ1v) is 18.3. The molecular formula is C37H43N3O17. The minimum Gasteiger partial charge on any atom is -0.457 e. The first-order chi connectivity index (χ1) is 27.3. The van der Waals surface area contributed by atoms with E-state index in [0.717, 1.165) is 17.9 Å². The normalized spacial score (nSPS) is 31.8. The van der Waals surface area contributed by atoms with Gasteiger partial charge in [0.1, 0.15) is 49.3 Å². The van der Waals surface area contributed by atoms with Crippen molar-refractivity contribution < 1.29 is 78.2 Å². The number of pyridine rings is 2. The molecule has 1 amide bonds. The van der Waals surface area contributed by atoms with E-state index < -0.39 is 104 Å². The van der Waals surface area contributed by atoms with Crippen molar-refractivity contribution in [3.05, 3.63) is 63.4 Å². The lowest BCUT2D eigenvalue weighted by Crippen LogP contribution is -2.65. The van der Waals surface area contributed by atoms with E-state index in [-0.39, 0.29) is 43.9 Å². The number of alkyl carbamates (subject to hydrolysis) is 1. The van der Waals surface area contributed by atoms with Gasteiger partial charge >= 0.3 is 18.0 Å². The van der Waals surface area contributed by atoms with Gasteiger partial charge in [-0.05, 0) is 24.6 Å². The predicted octanol–water partition coefficient (Wildman–Crippen LogP) is -1.97. The van der Waals surface area contributed by atoms with Gasteiger partial charge in [-0.1, -0.05) is 25.1 Å². The molecule has 3 aromatic rings. The second-order valence-electron chi connectivity index (χ2n) is 14.0. The van der Waals surface area contributed by atoms with Gasteiger partial charge in [-0.2, -0.15) is 0 Å². The van der Waals surface area contributed by atoms with Gasteiger partial charge in [0.15, 0.2) is 18.7 Å². The van der Waals surface area contributed by atoms with Crippen LogP contribution < -0.4 is 10.9 Å². The molecule has 2 fully saturated rings. The maximum absolute atomic E-state index is 13.8. The highest BCUT2D eigenvalue weighted by atomic mass is 16.8. The van der Waals surface area contributed by atoms with E-state index in [0.29, 0.717) is 16.9 Å². The molecule has 0 aliphatic carbocycles. The number of fused-ring (bicyclic) bond motifs is 5. The van der Waals surface area contributed by atoms with Crippen LogP contribution in [0.5, 0.6) is 0 Å². The molecule has 2 saturated heterocycles. The molecule has 0 spiro atoms. The van der Waals surface area contributed by atoms with Crippen LogP contribution in [-0.2, 0) is 61.5 Å². The highest BCUT2D eigenvalue weighted by molar-refractivity contribution is 5.88. The van der Waals surface area contributed by atoms with Crippen LogP contribution in [-0.4, -0.2) is 146 Å². The Morgan fingerprint density at radius 3 is 2.40 bits per heavy atom. The van der Waals surface area contributed by atoms with Crippen molar-refractivity contribution >= 4 is 28.9 Å². The van der Waals surface area contributed by atoms with Gasteiger partial charge < -0.3 is 73.7 Å². The lowest BCUT2D eigenvalue weighted by molar-refractivity contribution is -0.367. The van der Waals surface area contributed by atoms with Crippen molar-refractivity contribution in [2.75, 3.05) is 26.4 Å². The molecule has 20 nitrogen and oxygen atoms in total. The van der Waals surface area contributed by atoms with Crippen LogP contribution in [0, 0.1) is 0 Å². The number of rotatable bonds is 11. The second-order valence-corrected chi connectivity index (χ2v) is 14.0. The van der Waals surface area contributed by atoms with Crippen molar-refractivity contribution in [3.63, 3.8) is 0 Å². The summed E-state index contributed by atoms with van der Waals surface area (Å²) in [6.45, 7) is 0.335. The van der Waals surface area contributed by atoms with Gasteiger partial charge in [-0.15, -0.1) is 0 Å². The number of hydrogen-bond donors (Lipinski definition) is 7. The summed E-state index contributed by atoms with van der Waals surface area (Å²) in [5.74, 6) is -1.75. The Hall–Kier alpha value is -4.61. The van der Waals surface area contributed by atoms with E-state index in [1.54, 1.807) is 17.6 Å².